The molecule has 3 nitrogen and oxygen atoms in total. The second-order valence-electron chi connectivity index (χ2n) is 16.0. The van der Waals surface area contributed by atoms with Crippen LogP contribution in [-0.2, 0) is 0 Å². The molecule has 0 radical (unpaired) electrons. The Hall–Kier alpha value is -8.31. The van der Waals surface area contributed by atoms with Crippen molar-refractivity contribution in [3.8, 4) is 89.8 Å². The number of rotatable bonds is 8. The summed E-state index contributed by atoms with van der Waals surface area (Å²) in [6.07, 6.45) is 0. The number of nitrogens with zero attached hydrogens (tertiary/aromatic N) is 3. The lowest BCUT2D eigenvalue weighted by Gasteiger charge is -2.12. The monoisotopic (exact) mass is 850 g/mol. The fourth-order valence-electron chi connectivity index (χ4n) is 8.55. The first-order chi connectivity index (χ1) is 34.3. The Morgan fingerprint density at radius 2 is 0.769 bits per heavy atom. The predicted molar refractivity (Wildman–Crippen MR) is 274 cm³/mol. The van der Waals surface area contributed by atoms with E-state index in [9.17, 15) is 6.85 Å². The Labute approximate surface area is 388 Å². The Balaban J connectivity index is 1.02. The van der Waals surface area contributed by atoms with Gasteiger partial charge in [0.1, 0.15) is 0 Å². The second-order valence-corrected chi connectivity index (χ2v) is 17.0. The number of aromatic nitrogens is 3. The van der Waals surface area contributed by atoms with E-state index in [2.05, 4.69) is 84.9 Å². The van der Waals surface area contributed by atoms with Crippen molar-refractivity contribution in [1.82, 2.24) is 15.0 Å². The molecule has 0 aliphatic rings. The summed E-state index contributed by atoms with van der Waals surface area (Å²) >= 11 is 1.20. The fourth-order valence-corrected chi connectivity index (χ4v) is 9.53. The van der Waals surface area contributed by atoms with Crippen LogP contribution in [0.2, 0.25) is 0 Å². The van der Waals surface area contributed by atoms with Gasteiger partial charge in [-0.1, -0.05) is 200 Å². The van der Waals surface area contributed by atoms with Crippen molar-refractivity contribution in [1.29, 1.82) is 0 Å². The zero-order chi connectivity index (χ0) is 47.5. The first-order valence-corrected chi connectivity index (χ1v) is 22.3. The third-order valence-corrected chi connectivity index (χ3v) is 12.9. The van der Waals surface area contributed by atoms with E-state index in [1.54, 1.807) is 6.07 Å². The van der Waals surface area contributed by atoms with Crippen molar-refractivity contribution < 1.29 is 6.85 Å². The average Bonchev–Trinajstić information content (AvgIpc) is 3.84. The summed E-state index contributed by atoms with van der Waals surface area (Å²) in [7, 11) is 0. The summed E-state index contributed by atoms with van der Waals surface area (Å²) in [6.45, 7) is 0. The minimum absolute atomic E-state index is 0.0381. The maximum absolute atomic E-state index is 9.80. The molecule has 304 valence electrons. The smallest absolute Gasteiger partial charge is 0.164 e. The quantitative estimate of drug-likeness (QED) is 0.153. The molecule has 2 aromatic heterocycles. The first-order valence-electron chi connectivity index (χ1n) is 24.0. The van der Waals surface area contributed by atoms with Crippen molar-refractivity contribution in [2.75, 3.05) is 0 Å². The Morgan fingerprint density at radius 3 is 1.38 bits per heavy atom. The van der Waals surface area contributed by atoms with Crippen LogP contribution in [0.15, 0.2) is 236 Å². The van der Waals surface area contributed by atoms with Gasteiger partial charge >= 0.3 is 0 Å². The lowest BCUT2D eigenvalue weighted by atomic mass is 9.93. The number of hydrogen-bond donors (Lipinski definition) is 0. The van der Waals surface area contributed by atoms with E-state index < -0.39 is 0 Å². The van der Waals surface area contributed by atoms with Gasteiger partial charge in [0.05, 0.1) is 6.85 Å². The molecular weight excluding hydrogens is 807 g/mol. The number of benzene rings is 10. The third kappa shape index (κ3) is 7.46. The number of hydrogen-bond acceptors (Lipinski definition) is 4. The van der Waals surface area contributed by atoms with E-state index >= 15 is 0 Å². The zero-order valence-electron chi connectivity index (χ0n) is 39.9. The van der Waals surface area contributed by atoms with Crippen LogP contribution in [-0.4, -0.2) is 15.0 Å². The summed E-state index contributed by atoms with van der Waals surface area (Å²) in [5.41, 5.74) is 11.0. The Morgan fingerprint density at radius 1 is 0.292 bits per heavy atom. The molecule has 0 atom stereocenters. The molecule has 0 aliphatic carbocycles. The highest BCUT2D eigenvalue weighted by Gasteiger charge is 2.16. The van der Waals surface area contributed by atoms with Crippen molar-refractivity contribution in [2.24, 2.45) is 0 Å². The Kier molecular flexibility index (Phi) is 8.41. The molecule has 0 spiro atoms. The topological polar surface area (TPSA) is 38.7 Å². The summed E-state index contributed by atoms with van der Waals surface area (Å²) in [6, 6.07) is 68.8. The average molecular weight is 851 g/mol. The molecule has 0 bridgehead atoms. The molecule has 10 aromatic carbocycles. The van der Waals surface area contributed by atoms with Crippen LogP contribution in [0.4, 0.5) is 0 Å². The largest absolute Gasteiger partial charge is 0.208 e. The molecule has 0 aliphatic heterocycles. The van der Waals surface area contributed by atoms with Crippen LogP contribution >= 0.6 is 11.3 Å². The highest BCUT2D eigenvalue weighted by Crippen LogP contribution is 2.40. The molecule has 4 heteroatoms. The lowest BCUT2D eigenvalue weighted by Crippen LogP contribution is -2.00. The Bertz CT molecular complexity index is 3910. The molecule has 0 fully saturated rings. The first kappa shape index (κ1) is 33.3. The van der Waals surface area contributed by atoms with Gasteiger partial charge in [0.15, 0.2) is 17.5 Å². The molecule has 2 heterocycles. The number of fused-ring (bicyclic) bond motifs is 4. The van der Waals surface area contributed by atoms with Gasteiger partial charge in [-0.3, -0.25) is 0 Å². The summed E-state index contributed by atoms with van der Waals surface area (Å²) in [4.78, 5) is 15.0. The van der Waals surface area contributed by atoms with Crippen LogP contribution < -0.4 is 0 Å². The molecule has 12 aromatic rings. The van der Waals surface area contributed by atoms with Crippen LogP contribution in [0.5, 0.6) is 0 Å². The van der Waals surface area contributed by atoms with Gasteiger partial charge in [-0.2, -0.15) is 0 Å². The van der Waals surface area contributed by atoms with Gasteiger partial charge in [0.2, 0.25) is 0 Å². The minimum atomic E-state index is -0.236. The normalized spacial score (nSPS) is 12.5. The van der Waals surface area contributed by atoms with E-state index in [4.69, 9.17) is 15.0 Å². The lowest BCUT2D eigenvalue weighted by molar-refractivity contribution is 1.07. The van der Waals surface area contributed by atoms with Crippen molar-refractivity contribution in [3.63, 3.8) is 0 Å². The summed E-state index contributed by atoms with van der Waals surface area (Å²) in [5, 5.41) is 2.99. The van der Waals surface area contributed by atoms with E-state index in [0.717, 1.165) is 72.0 Å². The number of thiophene rings is 1. The van der Waals surface area contributed by atoms with E-state index in [-0.39, 0.29) is 41.6 Å². The van der Waals surface area contributed by atoms with Crippen LogP contribution in [0.1, 0.15) is 6.85 Å². The van der Waals surface area contributed by atoms with Crippen molar-refractivity contribution in [3.05, 3.63) is 236 Å². The highest BCUT2D eigenvalue weighted by atomic mass is 32.1. The van der Waals surface area contributed by atoms with E-state index in [0.29, 0.717) is 37.4 Å². The van der Waals surface area contributed by atoms with Crippen molar-refractivity contribution >= 4 is 42.3 Å². The van der Waals surface area contributed by atoms with Gasteiger partial charge in [0.25, 0.3) is 0 Å². The highest BCUT2D eigenvalue weighted by molar-refractivity contribution is 7.25. The SMILES string of the molecule is [2H]c1c(-c2nc(-c3ccc(-c4ccccc4)cc3)nc(-c3ccc(-c4cccc5ccccc45)cc3)n2)c([2H])c2sc3c([2H])cc(-c4cc(-c5ccccc5)cc(-c5ccccc5)c4)c([2H])c3c2c1[2H]. The van der Waals surface area contributed by atoms with E-state index in [1.165, 1.54) is 11.3 Å². The molecule has 12 rings (SSSR count). The molecule has 0 N–H and O–H groups in total. The summed E-state index contributed by atoms with van der Waals surface area (Å²) < 4.78 is 49.1. The van der Waals surface area contributed by atoms with Gasteiger partial charge < -0.3 is 0 Å². The van der Waals surface area contributed by atoms with Crippen LogP contribution in [0.3, 0.4) is 0 Å². The molecule has 0 amide bonds. The minimum Gasteiger partial charge on any atom is -0.208 e. The standard InChI is InChI=1S/C61H39N3S/c1-4-13-40(14-5-1)43-23-27-46(28-24-43)59-62-60(47-29-25-45(26-30-47)54-22-12-20-44-19-10-11-21-53(44)54)64-61(63-59)49-31-33-55-56-38-48(32-34-57(56)65-58(55)39-49)52-36-50(41-15-6-2-7-16-41)35-51(37-52)42-17-8-3-9-18-42/h1-39H/i31D,33D,34D,38D,39D. The maximum atomic E-state index is 9.80. The molecule has 0 unspecified atom stereocenters. The molecular formula is C61H39N3S. The second kappa shape index (κ2) is 16.4. The summed E-state index contributed by atoms with van der Waals surface area (Å²) in [5.74, 6) is 0.813. The van der Waals surface area contributed by atoms with Crippen molar-refractivity contribution in [2.45, 2.75) is 0 Å². The molecule has 0 saturated heterocycles. The predicted octanol–water partition coefficient (Wildman–Crippen LogP) is 16.7. The van der Waals surface area contributed by atoms with Gasteiger partial charge in [-0.15, -0.1) is 11.3 Å². The molecule has 0 saturated carbocycles. The van der Waals surface area contributed by atoms with Crippen LogP contribution in [0.25, 0.3) is 121 Å². The fraction of sp³-hybridized carbons (Fsp3) is 0. The van der Waals surface area contributed by atoms with E-state index in [1.807, 2.05) is 115 Å². The van der Waals surface area contributed by atoms with Gasteiger partial charge in [-0.05, 0) is 103 Å². The zero-order valence-corrected chi connectivity index (χ0v) is 35.7. The maximum Gasteiger partial charge on any atom is 0.164 e. The van der Waals surface area contributed by atoms with Gasteiger partial charge in [0, 0.05) is 36.9 Å². The van der Waals surface area contributed by atoms with Gasteiger partial charge in [-0.25, -0.2) is 15.0 Å². The molecule has 65 heavy (non-hydrogen) atoms. The third-order valence-electron chi connectivity index (χ3n) is 11.9. The van der Waals surface area contributed by atoms with Crippen LogP contribution in [0, 0.1) is 0 Å².